The Hall–Kier alpha value is -3.20. The standard InChI is InChI=1S/C33H43N3O4S/c1-26(2)11-16-33(37)36(20-17-27-12-14-32(15-13-27)41(34,38)39)25-28-7-5-8-29(23-28)30-9-6-10-31(24-30)40-22-21-35-18-3-4-19-35/h5-10,12-15,23-24,26H,3-4,11,16-22,25H2,1-2H3,(H2,34,38,39). The molecule has 4 rings (SSSR count). The molecule has 8 heteroatoms. The maximum atomic E-state index is 13.3. The lowest BCUT2D eigenvalue weighted by Crippen LogP contribution is -2.32. The van der Waals surface area contributed by atoms with E-state index in [2.05, 4.69) is 49.1 Å². The van der Waals surface area contributed by atoms with Crippen molar-refractivity contribution < 1.29 is 17.9 Å². The number of amides is 1. The van der Waals surface area contributed by atoms with Crippen LogP contribution >= 0.6 is 0 Å². The highest BCUT2D eigenvalue weighted by atomic mass is 32.2. The number of nitrogens with zero attached hydrogens (tertiary/aromatic N) is 2. The van der Waals surface area contributed by atoms with Gasteiger partial charge in [0.25, 0.3) is 0 Å². The molecule has 0 aromatic heterocycles. The second kappa shape index (κ2) is 14.6. The van der Waals surface area contributed by atoms with Crippen molar-refractivity contribution in [2.75, 3.05) is 32.8 Å². The number of carbonyl (C=O) groups is 1. The molecule has 220 valence electrons. The first kappa shape index (κ1) is 30.8. The highest BCUT2D eigenvalue weighted by molar-refractivity contribution is 7.89. The molecule has 2 N–H and O–H groups in total. The van der Waals surface area contributed by atoms with Crippen LogP contribution in [-0.2, 0) is 27.8 Å². The number of rotatable bonds is 14. The monoisotopic (exact) mass is 577 g/mol. The van der Waals surface area contributed by atoms with E-state index in [9.17, 15) is 13.2 Å². The maximum absolute atomic E-state index is 13.3. The van der Waals surface area contributed by atoms with Gasteiger partial charge in [-0.25, -0.2) is 13.6 Å². The fourth-order valence-corrected chi connectivity index (χ4v) is 5.62. The van der Waals surface area contributed by atoms with Gasteiger partial charge in [-0.3, -0.25) is 9.69 Å². The largest absolute Gasteiger partial charge is 0.492 e. The number of sulfonamides is 1. The third-order valence-electron chi connectivity index (χ3n) is 7.55. The predicted octanol–water partition coefficient (Wildman–Crippen LogP) is 5.48. The number of primary sulfonamides is 1. The number of hydrogen-bond acceptors (Lipinski definition) is 5. The van der Waals surface area contributed by atoms with Crippen LogP contribution < -0.4 is 9.88 Å². The fourth-order valence-electron chi connectivity index (χ4n) is 5.11. The lowest BCUT2D eigenvalue weighted by molar-refractivity contribution is -0.132. The van der Waals surface area contributed by atoms with Crippen molar-refractivity contribution in [2.45, 2.75) is 57.4 Å². The number of carbonyl (C=O) groups excluding carboxylic acids is 1. The van der Waals surface area contributed by atoms with Crippen molar-refractivity contribution in [2.24, 2.45) is 11.1 Å². The smallest absolute Gasteiger partial charge is 0.238 e. The van der Waals surface area contributed by atoms with E-state index in [-0.39, 0.29) is 10.8 Å². The molecule has 1 heterocycles. The Labute approximate surface area is 245 Å². The van der Waals surface area contributed by atoms with E-state index in [1.807, 2.05) is 23.1 Å². The van der Waals surface area contributed by atoms with Gasteiger partial charge in [0, 0.05) is 26.1 Å². The van der Waals surface area contributed by atoms with E-state index in [0.29, 0.717) is 38.5 Å². The van der Waals surface area contributed by atoms with Crippen LogP contribution in [0, 0.1) is 5.92 Å². The van der Waals surface area contributed by atoms with Crippen molar-refractivity contribution in [1.29, 1.82) is 0 Å². The van der Waals surface area contributed by atoms with Gasteiger partial charge in [-0.15, -0.1) is 0 Å². The van der Waals surface area contributed by atoms with Gasteiger partial charge in [0.2, 0.25) is 15.9 Å². The molecule has 3 aromatic rings. The Morgan fingerprint density at radius 1 is 0.951 bits per heavy atom. The zero-order valence-electron chi connectivity index (χ0n) is 24.3. The zero-order valence-corrected chi connectivity index (χ0v) is 25.1. The van der Waals surface area contributed by atoms with Crippen molar-refractivity contribution in [3.05, 3.63) is 83.9 Å². The average molecular weight is 578 g/mol. The highest BCUT2D eigenvalue weighted by Crippen LogP contribution is 2.26. The van der Waals surface area contributed by atoms with Gasteiger partial charge in [0.15, 0.2) is 0 Å². The van der Waals surface area contributed by atoms with Gasteiger partial charge in [-0.1, -0.05) is 56.3 Å². The Bertz CT molecular complexity index is 1380. The molecule has 1 aliphatic rings. The summed E-state index contributed by atoms with van der Waals surface area (Å²) in [6, 6.07) is 23.1. The molecule has 0 saturated carbocycles. The van der Waals surface area contributed by atoms with Gasteiger partial charge in [0.05, 0.1) is 4.90 Å². The van der Waals surface area contributed by atoms with Crippen LogP contribution in [0.3, 0.4) is 0 Å². The molecule has 0 aliphatic carbocycles. The van der Waals surface area contributed by atoms with Gasteiger partial charge < -0.3 is 9.64 Å². The van der Waals surface area contributed by atoms with Crippen LogP contribution in [0.4, 0.5) is 0 Å². The van der Waals surface area contributed by atoms with Crippen molar-refractivity contribution in [1.82, 2.24) is 9.80 Å². The first-order valence-corrected chi connectivity index (χ1v) is 16.2. The van der Waals surface area contributed by atoms with Gasteiger partial charge in [0.1, 0.15) is 12.4 Å². The number of benzene rings is 3. The number of likely N-dealkylation sites (tertiary alicyclic amines) is 1. The molecule has 1 aliphatic heterocycles. The van der Waals surface area contributed by atoms with E-state index in [0.717, 1.165) is 54.1 Å². The molecule has 7 nitrogen and oxygen atoms in total. The Morgan fingerprint density at radius 2 is 1.63 bits per heavy atom. The SMILES string of the molecule is CC(C)CCC(=O)N(CCc1ccc(S(N)(=O)=O)cc1)Cc1cccc(-c2cccc(OCCN3CCCC3)c2)c1. The molecule has 1 saturated heterocycles. The van der Waals surface area contributed by atoms with Crippen molar-refractivity contribution in [3.8, 4) is 16.9 Å². The van der Waals surface area contributed by atoms with Crippen LogP contribution in [0.2, 0.25) is 0 Å². The highest BCUT2D eigenvalue weighted by Gasteiger charge is 2.16. The van der Waals surface area contributed by atoms with E-state index in [4.69, 9.17) is 9.88 Å². The molecule has 0 atom stereocenters. The summed E-state index contributed by atoms with van der Waals surface area (Å²) < 4.78 is 29.2. The van der Waals surface area contributed by atoms with E-state index < -0.39 is 10.0 Å². The molecule has 1 fully saturated rings. The topological polar surface area (TPSA) is 92.9 Å². The summed E-state index contributed by atoms with van der Waals surface area (Å²) in [6.07, 6.45) is 4.51. The lowest BCUT2D eigenvalue weighted by Gasteiger charge is -2.24. The van der Waals surface area contributed by atoms with Crippen LogP contribution in [0.1, 0.15) is 50.7 Å². The Balaban J connectivity index is 1.43. The zero-order chi connectivity index (χ0) is 29.2. The van der Waals surface area contributed by atoms with E-state index in [1.54, 1.807) is 12.1 Å². The van der Waals surface area contributed by atoms with Gasteiger partial charge in [-0.05, 0) is 97.3 Å². The van der Waals surface area contributed by atoms with Crippen molar-refractivity contribution >= 4 is 15.9 Å². The summed E-state index contributed by atoms with van der Waals surface area (Å²) >= 11 is 0. The lowest BCUT2D eigenvalue weighted by atomic mass is 10.0. The third kappa shape index (κ3) is 9.69. The molecule has 0 bridgehead atoms. The Morgan fingerprint density at radius 3 is 2.32 bits per heavy atom. The van der Waals surface area contributed by atoms with Crippen LogP contribution in [0.15, 0.2) is 77.7 Å². The minimum absolute atomic E-state index is 0.0870. The first-order valence-electron chi connectivity index (χ1n) is 14.6. The minimum atomic E-state index is -3.73. The molecule has 0 unspecified atom stereocenters. The second-order valence-corrected chi connectivity index (χ2v) is 12.9. The number of nitrogens with two attached hydrogens (primary N) is 1. The maximum Gasteiger partial charge on any atom is 0.238 e. The molecule has 0 spiro atoms. The quantitative estimate of drug-likeness (QED) is 0.274. The Kier molecular flexibility index (Phi) is 11.0. The van der Waals surface area contributed by atoms with Crippen molar-refractivity contribution in [3.63, 3.8) is 0 Å². The summed E-state index contributed by atoms with van der Waals surface area (Å²) in [5, 5.41) is 5.23. The van der Waals surface area contributed by atoms with Gasteiger partial charge in [-0.2, -0.15) is 0 Å². The number of ether oxygens (including phenoxy) is 1. The van der Waals surface area contributed by atoms with E-state index in [1.165, 1.54) is 25.0 Å². The predicted molar refractivity (Wildman–Crippen MR) is 164 cm³/mol. The van der Waals surface area contributed by atoms with Crippen LogP contribution in [0.25, 0.3) is 11.1 Å². The van der Waals surface area contributed by atoms with Gasteiger partial charge >= 0.3 is 0 Å². The average Bonchev–Trinajstić information content (AvgIpc) is 3.48. The van der Waals surface area contributed by atoms with Crippen LogP contribution in [-0.4, -0.2) is 56.9 Å². The van der Waals surface area contributed by atoms with E-state index >= 15 is 0 Å². The second-order valence-electron chi connectivity index (χ2n) is 11.3. The molecular weight excluding hydrogens is 534 g/mol. The summed E-state index contributed by atoms with van der Waals surface area (Å²) in [5.74, 6) is 1.43. The summed E-state index contributed by atoms with van der Waals surface area (Å²) in [5.41, 5.74) is 4.18. The summed E-state index contributed by atoms with van der Waals surface area (Å²) in [4.78, 5) is 17.7. The number of hydrogen-bond donors (Lipinski definition) is 1. The minimum Gasteiger partial charge on any atom is -0.492 e. The molecule has 41 heavy (non-hydrogen) atoms. The third-order valence-corrected chi connectivity index (χ3v) is 8.48. The fraction of sp³-hybridized carbons (Fsp3) is 0.424. The molecule has 1 amide bonds. The first-order chi connectivity index (χ1) is 19.7. The molecule has 3 aromatic carbocycles. The summed E-state index contributed by atoms with van der Waals surface area (Å²) in [7, 11) is -3.73. The van der Waals surface area contributed by atoms with Crippen LogP contribution in [0.5, 0.6) is 5.75 Å². The normalized spacial score (nSPS) is 14.0. The molecule has 0 radical (unpaired) electrons. The summed E-state index contributed by atoms with van der Waals surface area (Å²) in [6.45, 7) is 9.26. The molecular formula is C33H43N3O4S.